The van der Waals surface area contributed by atoms with E-state index in [4.69, 9.17) is 4.74 Å². The summed E-state index contributed by atoms with van der Waals surface area (Å²) in [7, 11) is 1.77. The second-order valence-corrected chi connectivity index (χ2v) is 4.57. The van der Waals surface area contributed by atoms with E-state index in [0.29, 0.717) is 6.04 Å². The molecular weight excluding hydrogens is 210 g/mol. The van der Waals surface area contributed by atoms with Crippen molar-refractivity contribution in [2.45, 2.75) is 39.2 Å². The average molecular weight is 235 g/mol. The maximum atomic E-state index is 5.26. The molecule has 0 aliphatic heterocycles. The summed E-state index contributed by atoms with van der Waals surface area (Å²) in [5.74, 6) is 0. The molecule has 1 aromatic rings. The van der Waals surface area contributed by atoms with Crippen molar-refractivity contribution in [2.24, 2.45) is 0 Å². The summed E-state index contributed by atoms with van der Waals surface area (Å²) in [5.41, 5.74) is 2.84. The number of nitrogens with one attached hydrogen (secondary N) is 1. The molecule has 1 aromatic carbocycles. The highest BCUT2D eigenvalue weighted by Gasteiger charge is 2.08. The number of ether oxygens (including phenoxy) is 1. The number of methoxy groups -OCH3 is 1. The van der Waals surface area contributed by atoms with Crippen LogP contribution < -0.4 is 5.32 Å². The van der Waals surface area contributed by atoms with Crippen molar-refractivity contribution in [1.82, 2.24) is 5.32 Å². The van der Waals surface area contributed by atoms with Crippen molar-refractivity contribution < 1.29 is 4.74 Å². The fourth-order valence-electron chi connectivity index (χ4n) is 2.01. The minimum Gasteiger partial charge on any atom is -0.383 e. The predicted octanol–water partition coefficient (Wildman–Crippen LogP) is 2.94. The summed E-state index contributed by atoms with van der Waals surface area (Å²) in [6.45, 7) is 6.24. The van der Waals surface area contributed by atoms with Crippen molar-refractivity contribution in [1.29, 1.82) is 0 Å². The van der Waals surface area contributed by atoms with Gasteiger partial charge in [-0.15, -0.1) is 0 Å². The number of aryl methyl sites for hydroxylation is 2. The maximum Gasteiger partial charge on any atom is 0.0615 e. The van der Waals surface area contributed by atoms with E-state index in [0.717, 1.165) is 26.0 Å². The van der Waals surface area contributed by atoms with Crippen LogP contribution in [-0.4, -0.2) is 26.3 Å². The molecule has 0 aliphatic rings. The van der Waals surface area contributed by atoms with Crippen LogP contribution >= 0.6 is 0 Å². The van der Waals surface area contributed by atoms with Gasteiger partial charge in [-0.05, 0) is 43.9 Å². The highest BCUT2D eigenvalue weighted by Crippen LogP contribution is 2.11. The predicted molar refractivity (Wildman–Crippen MR) is 73.5 cm³/mol. The van der Waals surface area contributed by atoms with E-state index in [9.17, 15) is 0 Å². The summed E-state index contributed by atoms with van der Waals surface area (Å²) in [6.07, 6.45) is 3.43. The molecule has 0 amide bonds. The Hall–Kier alpha value is -0.860. The van der Waals surface area contributed by atoms with Gasteiger partial charge in [-0.1, -0.05) is 31.2 Å². The van der Waals surface area contributed by atoms with Crippen LogP contribution in [0.4, 0.5) is 0 Å². The van der Waals surface area contributed by atoms with Crippen molar-refractivity contribution in [3.8, 4) is 0 Å². The quantitative estimate of drug-likeness (QED) is 0.748. The molecule has 0 fully saturated rings. The Balaban J connectivity index is 2.42. The number of hydrogen-bond donors (Lipinski definition) is 1. The first-order valence-corrected chi connectivity index (χ1v) is 6.54. The largest absolute Gasteiger partial charge is 0.383 e. The van der Waals surface area contributed by atoms with Gasteiger partial charge in [0.15, 0.2) is 0 Å². The summed E-state index contributed by atoms with van der Waals surface area (Å²) >= 11 is 0. The third-order valence-electron chi connectivity index (χ3n) is 3.07. The normalized spacial score (nSPS) is 12.6. The summed E-state index contributed by atoms with van der Waals surface area (Å²) < 4.78 is 5.26. The van der Waals surface area contributed by atoms with Crippen molar-refractivity contribution >= 4 is 0 Å². The molecule has 0 aliphatic carbocycles. The zero-order valence-corrected chi connectivity index (χ0v) is 11.3. The van der Waals surface area contributed by atoms with E-state index in [1.54, 1.807) is 7.11 Å². The molecule has 0 heterocycles. The first-order valence-electron chi connectivity index (χ1n) is 6.54. The van der Waals surface area contributed by atoms with Crippen LogP contribution in [0.15, 0.2) is 24.3 Å². The van der Waals surface area contributed by atoms with Crippen molar-refractivity contribution in [3.05, 3.63) is 35.4 Å². The summed E-state index contributed by atoms with van der Waals surface area (Å²) in [6, 6.07) is 9.09. The van der Waals surface area contributed by atoms with Gasteiger partial charge in [-0.3, -0.25) is 0 Å². The Bertz CT molecular complexity index is 312. The van der Waals surface area contributed by atoms with Crippen LogP contribution in [0.2, 0.25) is 0 Å². The smallest absolute Gasteiger partial charge is 0.0615 e. The van der Waals surface area contributed by atoms with Crippen LogP contribution in [0, 0.1) is 6.92 Å². The minimum atomic E-state index is 0.472. The van der Waals surface area contributed by atoms with Gasteiger partial charge in [0.25, 0.3) is 0 Å². The first-order chi connectivity index (χ1) is 8.27. The molecule has 0 spiro atoms. The van der Waals surface area contributed by atoms with Crippen LogP contribution in [0.1, 0.15) is 30.9 Å². The first kappa shape index (κ1) is 14.2. The van der Waals surface area contributed by atoms with Gasteiger partial charge in [0.2, 0.25) is 0 Å². The zero-order chi connectivity index (χ0) is 12.5. The SMILES string of the molecule is CCCNC(CCc1ccccc1C)COC. The van der Waals surface area contributed by atoms with Gasteiger partial charge in [0.05, 0.1) is 6.61 Å². The fraction of sp³-hybridized carbons (Fsp3) is 0.600. The number of rotatable bonds is 8. The molecule has 0 radical (unpaired) electrons. The molecule has 1 atom stereocenters. The minimum absolute atomic E-state index is 0.472. The van der Waals surface area contributed by atoms with Gasteiger partial charge >= 0.3 is 0 Å². The van der Waals surface area contributed by atoms with E-state index in [1.165, 1.54) is 17.5 Å². The van der Waals surface area contributed by atoms with E-state index in [2.05, 4.69) is 43.4 Å². The van der Waals surface area contributed by atoms with Crippen LogP contribution in [0.3, 0.4) is 0 Å². The molecular formula is C15H25NO. The standard InChI is InChI=1S/C15H25NO/c1-4-11-16-15(12-17-3)10-9-14-8-6-5-7-13(14)2/h5-8,15-16H,4,9-12H2,1-3H3. The Labute approximate surface area is 105 Å². The second-order valence-electron chi connectivity index (χ2n) is 4.57. The highest BCUT2D eigenvalue weighted by atomic mass is 16.5. The molecule has 0 saturated carbocycles. The lowest BCUT2D eigenvalue weighted by Gasteiger charge is -2.18. The zero-order valence-electron chi connectivity index (χ0n) is 11.3. The van der Waals surface area contributed by atoms with Crippen LogP contribution in [0.5, 0.6) is 0 Å². The second kappa shape index (κ2) is 8.26. The molecule has 1 N–H and O–H groups in total. The van der Waals surface area contributed by atoms with E-state index < -0.39 is 0 Å². The van der Waals surface area contributed by atoms with Gasteiger partial charge in [-0.25, -0.2) is 0 Å². The van der Waals surface area contributed by atoms with Crippen LogP contribution in [0.25, 0.3) is 0 Å². The Morgan fingerprint density at radius 2 is 2.06 bits per heavy atom. The van der Waals surface area contributed by atoms with E-state index in [1.807, 2.05) is 0 Å². The molecule has 96 valence electrons. The molecule has 1 rings (SSSR count). The number of hydrogen-bond acceptors (Lipinski definition) is 2. The molecule has 0 bridgehead atoms. The molecule has 2 heteroatoms. The van der Waals surface area contributed by atoms with E-state index >= 15 is 0 Å². The average Bonchev–Trinajstić information content (AvgIpc) is 2.34. The highest BCUT2D eigenvalue weighted by molar-refractivity contribution is 5.25. The third kappa shape index (κ3) is 5.33. The lowest BCUT2D eigenvalue weighted by molar-refractivity contribution is 0.162. The lowest BCUT2D eigenvalue weighted by Crippen LogP contribution is -2.34. The Morgan fingerprint density at radius 3 is 2.71 bits per heavy atom. The molecule has 1 unspecified atom stereocenters. The van der Waals surface area contributed by atoms with Gasteiger partial charge < -0.3 is 10.1 Å². The fourth-order valence-corrected chi connectivity index (χ4v) is 2.01. The summed E-state index contributed by atoms with van der Waals surface area (Å²) in [4.78, 5) is 0. The van der Waals surface area contributed by atoms with Crippen molar-refractivity contribution in [3.63, 3.8) is 0 Å². The summed E-state index contributed by atoms with van der Waals surface area (Å²) in [5, 5.41) is 3.54. The third-order valence-corrected chi connectivity index (χ3v) is 3.07. The van der Waals surface area contributed by atoms with Gasteiger partial charge in [0.1, 0.15) is 0 Å². The Kier molecular flexibility index (Phi) is 6.90. The van der Waals surface area contributed by atoms with Gasteiger partial charge in [-0.2, -0.15) is 0 Å². The number of benzene rings is 1. The molecule has 2 nitrogen and oxygen atoms in total. The van der Waals surface area contributed by atoms with Gasteiger partial charge in [0, 0.05) is 13.2 Å². The Morgan fingerprint density at radius 1 is 1.29 bits per heavy atom. The molecule has 17 heavy (non-hydrogen) atoms. The maximum absolute atomic E-state index is 5.26. The monoisotopic (exact) mass is 235 g/mol. The molecule has 0 aromatic heterocycles. The van der Waals surface area contributed by atoms with Crippen LogP contribution in [-0.2, 0) is 11.2 Å². The van der Waals surface area contributed by atoms with Crippen molar-refractivity contribution in [2.75, 3.05) is 20.3 Å². The molecule has 0 saturated heterocycles. The van der Waals surface area contributed by atoms with E-state index in [-0.39, 0.29) is 0 Å². The topological polar surface area (TPSA) is 21.3 Å². The lowest BCUT2D eigenvalue weighted by atomic mass is 10.0.